The molecule has 0 aromatic carbocycles. The Morgan fingerprint density at radius 1 is 1.88 bits per heavy atom. The van der Waals surface area contributed by atoms with Crippen LogP contribution in [0.5, 0.6) is 0 Å². The van der Waals surface area contributed by atoms with Crippen LogP contribution in [0, 0.1) is 0 Å². The average molecular weight is 199 g/mol. The topological polar surface area (TPSA) is 17.1 Å². The first-order chi connectivity index (χ1) is 3.50. The number of alkyl halides is 2. The quantitative estimate of drug-likeness (QED) is 0.622. The van der Waals surface area contributed by atoms with E-state index in [-0.39, 0.29) is 5.78 Å². The molecule has 0 saturated heterocycles. The second kappa shape index (κ2) is 2.83. The lowest BCUT2D eigenvalue weighted by molar-refractivity contribution is -0.118. The summed E-state index contributed by atoms with van der Waals surface area (Å²) in [5, 5.41) is 0. The predicted octanol–water partition coefficient (Wildman–Crippen LogP) is 1.97. The van der Waals surface area contributed by atoms with Crippen LogP contribution in [0.15, 0.2) is 0 Å². The van der Waals surface area contributed by atoms with Gasteiger partial charge in [-0.3, -0.25) is 4.79 Å². The minimum absolute atomic E-state index is 0.0625. The fraction of sp³-hybridized carbons (Fsp3) is 0.800. The third kappa shape index (κ3) is 2.14. The van der Waals surface area contributed by atoms with Crippen LogP contribution >= 0.6 is 27.5 Å². The van der Waals surface area contributed by atoms with Gasteiger partial charge in [0.2, 0.25) is 0 Å². The van der Waals surface area contributed by atoms with Crippen molar-refractivity contribution in [2.24, 2.45) is 0 Å². The minimum atomic E-state index is -0.519. The highest BCUT2D eigenvalue weighted by Gasteiger charge is 2.23. The van der Waals surface area contributed by atoms with Gasteiger partial charge in [0.15, 0.2) is 0 Å². The summed E-state index contributed by atoms with van der Waals surface area (Å²) in [6.07, 6.45) is 0. The largest absolute Gasteiger partial charge is 0.298 e. The van der Waals surface area contributed by atoms with Gasteiger partial charge in [0.25, 0.3) is 0 Å². The van der Waals surface area contributed by atoms with Crippen molar-refractivity contribution in [3.63, 3.8) is 0 Å². The summed E-state index contributed by atoms with van der Waals surface area (Å²) >= 11 is 8.58. The molecule has 1 atom stereocenters. The molecule has 0 fully saturated rings. The molecule has 0 aliphatic carbocycles. The Bertz CT molecular complexity index is 101. The van der Waals surface area contributed by atoms with Gasteiger partial charge in [-0.2, -0.15) is 0 Å². The Labute approximate surface area is 62.5 Å². The molecule has 1 nitrogen and oxygen atoms in total. The number of ketones is 1. The highest BCUT2D eigenvalue weighted by Crippen LogP contribution is 2.19. The van der Waals surface area contributed by atoms with E-state index in [1.807, 2.05) is 0 Å². The Morgan fingerprint density at radius 3 is 2.25 bits per heavy atom. The molecule has 0 saturated carbocycles. The number of rotatable bonds is 2. The standard InChI is InChI=1S/C5H8BrClO/c1-4(8)5(2,6)3-7/h3H2,1-2H3/t5-/m1/s1. The molecule has 3 heteroatoms. The highest BCUT2D eigenvalue weighted by atomic mass is 79.9. The van der Waals surface area contributed by atoms with Gasteiger partial charge in [-0.1, -0.05) is 15.9 Å². The Hall–Kier alpha value is 0.440. The van der Waals surface area contributed by atoms with Crippen LogP contribution in [-0.2, 0) is 4.79 Å². The molecule has 0 rings (SSSR count). The smallest absolute Gasteiger partial charge is 0.147 e. The Morgan fingerprint density at radius 2 is 2.25 bits per heavy atom. The Kier molecular flexibility index (Phi) is 2.99. The molecule has 0 aromatic rings. The van der Waals surface area contributed by atoms with Gasteiger partial charge in [0.05, 0.1) is 4.32 Å². The molecule has 8 heavy (non-hydrogen) atoms. The van der Waals surface area contributed by atoms with Gasteiger partial charge in [-0.05, 0) is 13.8 Å². The Balaban J connectivity index is 3.91. The lowest BCUT2D eigenvalue weighted by Crippen LogP contribution is -2.27. The predicted molar refractivity (Wildman–Crippen MR) is 38.7 cm³/mol. The molecular weight excluding hydrogens is 191 g/mol. The number of Topliss-reactive ketones (excluding diaryl/α,β-unsaturated/α-hetero) is 1. The zero-order valence-electron chi connectivity index (χ0n) is 4.87. The van der Waals surface area contributed by atoms with Crippen LogP contribution in [0.3, 0.4) is 0 Å². The van der Waals surface area contributed by atoms with Crippen molar-refractivity contribution in [3.05, 3.63) is 0 Å². The van der Waals surface area contributed by atoms with Crippen LogP contribution in [0.1, 0.15) is 13.8 Å². The summed E-state index contributed by atoms with van der Waals surface area (Å²) in [5.74, 6) is 0.384. The van der Waals surface area contributed by atoms with Crippen LogP contribution in [0.4, 0.5) is 0 Å². The highest BCUT2D eigenvalue weighted by molar-refractivity contribution is 9.10. The minimum Gasteiger partial charge on any atom is -0.298 e. The molecule has 0 heterocycles. The second-order valence-electron chi connectivity index (χ2n) is 1.89. The zero-order chi connectivity index (χ0) is 6.78. The second-order valence-corrected chi connectivity index (χ2v) is 3.90. The van der Waals surface area contributed by atoms with E-state index in [1.165, 1.54) is 6.92 Å². The summed E-state index contributed by atoms with van der Waals surface area (Å²) in [7, 11) is 0. The van der Waals surface area contributed by atoms with E-state index in [1.54, 1.807) is 6.92 Å². The van der Waals surface area contributed by atoms with Crippen molar-refractivity contribution in [2.75, 3.05) is 5.88 Å². The van der Waals surface area contributed by atoms with Gasteiger partial charge in [0.1, 0.15) is 5.78 Å². The van der Waals surface area contributed by atoms with E-state index in [0.29, 0.717) is 5.88 Å². The van der Waals surface area contributed by atoms with E-state index in [2.05, 4.69) is 15.9 Å². The first-order valence-electron chi connectivity index (χ1n) is 2.26. The fourth-order valence-electron chi connectivity index (χ4n) is 0.0941. The molecular formula is C5H8BrClO. The maximum atomic E-state index is 10.6. The summed E-state index contributed by atoms with van der Waals surface area (Å²) in [6, 6.07) is 0. The van der Waals surface area contributed by atoms with Gasteiger partial charge < -0.3 is 0 Å². The number of carbonyl (C=O) groups excluding carboxylic acids is 1. The average Bonchev–Trinajstić information content (AvgIpc) is 1.67. The molecule has 0 spiro atoms. The van der Waals surface area contributed by atoms with E-state index >= 15 is 0 Å². The maximum absolute atomic E-state index is 10.6. The monoisotopic (exact) mass is 198 g/mol. The summed E-state index contributed by atoms with van der Waals surface area (Å²) in [4.78, 5) is 10.6. The van der Waals surface area contributed by atoms with Crippen molar-refractivity contribution in [2.45, 2.75) is 18.2 Å². The fourth-order valence-corrected chi connectivity index (χ4v) is 0.282. The molecule has 0 bridgehead atoms. The van der Waals surface area contributed by atoms with Crippen molar-refractivity contribution in [3.8, 4) is 0 Å². The first kappa shape index (κ1) is 8.44. The van der Waals surface area contributed by atoms with Gasteiger partial charge in [0, 0.05) is 5.88 Å². The molecule has 0 aliphatic rings. The first-order valence-corrected chi connectivity index (χ1v) is 3.59. The zero-order valence-corrected chi connectivity index (χ0v) is 7.21. The third-order valence-electron chi connectivity index (χ3n) is 0.985. The molecule has 0 aliphatic heterocycles. The maximum Gasteiger partial charge on any atom is 0.147 e. The molecule has 48 valence electrons. The van der Waals surface area contributed by atoms with Crippen LogP contribution in [-0.4, -0.2) is 16.0 Å². The van der Waals surface area contributed by atoms with Crippen LogP contribution in [0.25, 0.3) is 0 Å². The molecule has 0 amide bonds. The molecule has 0 aromatic heterocycles. The van der Waals surface area contributed by atoms with Crippen LogP contribution in [0.2, 0.25) is 0 Å². The number of hydrogen-bond donors (Lipinski definition) is 0. The van der Waals surface area contributed by atoms with Crippen molar-refractivity contribution in [1.82, 2.24) is 0 Å². The van der Waals surface area contributed by atoms with E-state index in [4.69, 9.17) is 11.6 Å². The SMILES string of the molecule is CC(=O)[C@](C)(Br)CCl. The molecule has 0 unspecified atom stereocenters. The lowest BCUT2D eigenvalue weighted by atomic mass is 10.1. The van der Waals surface area contributed by atoms with Crippen molar-refractivity contribution >= 4 is 33.3 Å². The van der Waals surface area contributed by atoms with Gasteiger partial charge in [-0.25, -0.2) is 0 Å². The van der Waals surface area contributed by atoms with Crippen molar-refractivity contribution in [1.29, 1.82) is 0 Å². The van der Waals surface area contributed by atoms with Crippen LogP contribution < -0.4 is 0 Å². The summed E-state index contributed by atoms with van der Waals surface area (Å²) in [5.41, 5.74) is 0. The third-order valence-corrected chi connectivity index (χ3v) is 2.68. The van der Waals surface area contributed by atoms with E-state index in [9.17, 15) is 4.79 Å². The molecule has 0 N–H and O–H groups in total. The van der Waals surface area contributed by atoms with Crippen molar-refractivity contribution < 1.29 is 4.79 Å². The number of hydrogen-bond acceptors (Lipinski definition) is 1. The summed E-state index contributed by atoms with van der Waals surface area (Å²) < 4.78 is -0.519. The molecule has 0 radical (unpaired) electrons. The van der Waals surface area contributed by atoms with Gasteiger partial charge in [-0.15, -0.1) is 11.6 Å². The lowest BCUT2D eigenvalue weighted by Gasteiger charge is -2.12. The van der Waals surface area contributed by atoms with E-state index in [0.717, 1.165) is 0 Å². The van der Waals surface area contributed by atoms with E-state index < -0.39 is 4.32 Å². The summed E-state index contributed by atoms with van der Waals surface area (Å²) in [6.45, 7) is 3.26. The number of carbonyl (C=O) groups is 1. The number of halogens is 2. The van der Waals surface area contributed by atoms with Gasteiger partial charge >= 0.3 is 0 Å². The normalized spacial score (nSPS) is 17.5.